The van der Waals surface area contributed by atoms with Gasteiger partial charge in [0, 0.05) is 6.42 Å². The quantitative estimate of drug-likeness (QED) is 0.504. The van der Waals surface area contributed by atoms with Gasteiger partial charge in [-0.15, -0.1) is 0 Å². The van der Waals surface area contributed by atoms with Gasteiger partial charge >= 0.3 is 6.18 Å². The van der Waals surface area contributed by atoms with E-state index in [1.165, 1.54) is 6.08 Å². The second-order valence-corrected chi connectivity index (χ2v) is 2.16. The van der Waals surface area contributed by atoms with Gasteiger partial charge in [-0.1, -0.05) is 12.2 Å². The molecule has 0 aromatic rings. The van der Waals surface area contributed by atoms with Gasteiger partial charge in [0.1, 0.15) is 0 Å². The number of aliphatic hydroxyl groups excluding tert-OH is 1. The molecule has 0 aromatic carbocycles. The van der Waals surface area contributed by atoms with Gasteiger partial charge in [0.15, 0.2) is 0 Å². The lowest BCUT2D eigenvalue weighted by Crippen LogP contribution is -2.05. The maximum Gasteiger partial charge on any atom is 0.389 e. The van der Waals surface area contributed by atoms with Gasteiger partial charge in [-0.3, -0.25) is 0 Å². The molecule has 0 aliphatic heterocycles. The number of aliphatic hydroxyl groups is 1. The largest absolute Gasteiger partial charge is 0.392 e. The summed E-state index contributed by atoms with van der Waals surface area (Å²) >= 11 is 0. The second kappa shape index (κ2) is 5.18. The third-order valence-electron chi connectivity index (χ3n) is 1.10. The highest BCUT2D eigenvalue weighted by atomic mass is 19.4. The second-order valence-electron chi connectivity index (χ2n) is 2.16. The van der Waals surface area contributed by atoms with Crippen molar-refractivity contribution in [3.63, 3.8) is 0 Å². The van der Waals surface area contributed by atoms with Crippen LogP contribution in [0.5, 0.6) is 0 Å². The molecule has 0 amide bonds. The molecule has 0 fully saturated rings. The highest BCUT2D eigenvalue weighted by Crippen LogP contribution is 2.22. The summed E-state index contributed by atoms with van der Waals surface area (Å²) in [5.41, 5.74) is 0. The fourth-order valence-corrected chi connectivity index (χ4v) is 0.613. The molecule has 0 rings (SSSR count). The van der Waals surface area contributed by atoms with E-state index in [2.05, 4.69) is 0 Å². The molecular weight excluding hydrogens is 157 g/mol. The van der Waals surface area contributed by atoms with Gasteiger partial charge < -0.3 is 5.11 Å². The van der Waals surface area contributed by atoms with Crippen LogP contribution in [0.15, 0.2) is 12.2 Å². The van der Waals surface area contributed by atoms with E-state index >= 15 is 0 Å². The maximum absolute atomic E-state index is 11.5. The number of hydrogen-bond donors (Lipinski definition) is 1. The first-order chi connectivity index (χ1) is 5.06. The van der Waals surface area contributed by atoms with E-state index in [-0.39, 0.29) is 13.0 Å². The van der Waals surface area contributed by atoms with E-state index in [9.17, 15) is 13.2 Å². The predicted octanol–water partition coefficient (Wildman–Crippen LogP) is 2.27. The molecule has 1 nitrogen and oxygen atoms in total. The highest BCUT2D eigenvalue weighted by Gasteiger charge is 2.25. The van der Waals surface area contributed by atoms with Crippen molar-refractivity contribution in [3.05, 3.63) is 12.2 Å². The summed E-state index contributed by atoms with van der Waals surface area (Å²) in [5, 5.41) is 8.22. The third-order valence-corrected chi connectivity index (χ3v) is 1.10. The monoisotopic (exact) mass is 168 g/mol. The molecule has 0 heterocycles. The fraction of sp³-hybridized carbons (Fsp3) is 0.714. The summed E-state index contributed by atoms with van der Waals surface area (Å²) in [6.45, 7) is -0.105. The SMILES string of the molecule is OCC=CCCCC(F)(F)F. The molecule has 4 heteroatoms. The molecule has 11 heavy (non-hydrogen) atoms. The van der Waals surface area contributed by atoms with Crippen molar-refractivity contribution in [2.75, 3.05) is 6.61 Å². The Labute approximate surface area is 63.5 Å². The van der Waals surface area contributed by atoms with Crippen molar-refractivity contribution in [2.45, 2.75) is 25.4 Å². The Morgan fingerprint density at radius 1 is 1.18 bits per heavy atom. The van der Waals surface area contributed by atoms with Gasteiger partial charge in [0.05, 0.1) is 6.61 Å². The van der Waals surface area contributed by atoms with Crippen molar-refractivity contribution in [2.24, 2.45) is 0 Å². The van der Waals surface area contributed by atoms with Crippen LogP contribution in [0.1, 0.15) is 19.3 Å². The molecule has 1 N–H and O–H groups in total. The summed E-state index contributed by atoms with van der Waals surface area (Å²) in [4.78, 5) is 0. The first-order valence-corrected chi connectivity index (χ1v) is 3.39. The van der Waals surface area contributed by atoms with Gasteiger partial charge in [-0.05, 0) is 12.8 Å². The first kappa shape index (κ1) is 10.5. The number of alkyl halides is 3. The molecule has 0 saturated heterocycles. The molecule has 0 radical (unpaired) electrons. The summed E-state index contributed by atoms with van der Waals surface area (Å²) in [7, 11) is 0. The van der Waals surface area contributed by atoms with E-state index in [4.69, 9.17) is 5.11 Å². The lowest BCUT2D eigenvalue weighted by molar-refractivity contribution is -0.135. The van der Waals surface area contributed by atoms with Crippen LogP contribution in [-0.2, 0) is 0 Å². The topological polar surface area (TPSA) is 20.2 Å². The summed E-state index contributed by atoms with van der Waals surface area (Å²) in [6.07, 6.45) is -1.34. The van der Waals surface area contributed by atoms with Gasteiger partial charge in [0.2, 0.25) is 0 Å². The number of rotatable bonds is 4. The minimum atomic E-state index is -4.05. The van der Waals surface area contributed by atoms with Crippen LogP contribution in [-0.4, -0.2) is 17.9 Å². The van der Waals surface area contributed by atoms with E-state index in [1.807, 2.05) is 0 Å². The Morgan fingerprint density at radius 3 is 2.27 bits per heavy atom. The van der Waals surface area contributed by atoms with E-state index in [1.54, 1.807) is 6.08 Å². The molecule has 0 atom stereocenters. The third kappa shape index (κ3) is 9.49. The average Bonchev–Trinajstić information content (AvgIpc) is 1.85. The molecule has 0 unspecified atom stereocenters. The van der Waals surface area contributed by atoms with Crippen molar-refractivity contribution in [1.82, 2.24) is 0 Å². The molecule has 0 bridgehead atoms. The summed E-state index contributed by atoms with van der Waals surface area (Å²) in [5.74, 6) is 0. The minimum Gasteiger partial charge on any atom is -0.392 e. The number of allylic oxidation sites excluding steroid dienone is 1. The zero-order valence-corrected chi connectivity index (χ0v) is 6.06. The molecule has 0 aliphatic rings. The van der Waals surface area contributed by atoms with E-state index < -0.39 is 12.6 Å². The van der Waals surface area contributed by atoms with Crippen molar-refractivity contribution in [1.29, 1.82) is 0 Å². The zero-order chi connectivity index (χ0) is 8.74. The van der Waals surface area contributed by atoms with Gasteiger partial charge in [-0.2, -0.15) is 13.2 Å². The Kier molecular flexibility index (Phi) is 4.94. The smallest absolute Gasteiger partial charge is 0.389 e. The maximum atomic E-state index is 11.5. The Morgan fingerprint density at radius 2 is 1.82 bits per heavy atom. The molecular formula is C7H11F3O. The van der Waals surface area contributed by atoms with Gasteiger partial charge in [0.25, 0.3) is 0 Å². The number of halogens is 3. The van der Waals surface area contributed by atoms with Crippen LogP contribution in [0.25, 0.3) is 0 Å². The number of hydrogen-bond acceptors (Lipinski definition) is 1. The first-order valence-electron chi connectivity index (χ1n) is 3.39. The van der Waals surface area contributed by atoms with Crippen LogP contribution < -0.4 is 0 Å². The van der Waals surface area contributed by atoms with Crippen molar-refractivity contribution >= 4 is 0 Å². The van der Waals surface area contributed by atoms with Crippen LogP contribution in [0.4, 0.5) is 13.2 Å². The Hall–Kier alpha value is -0.510. The Balaban J connectivity index is 3.21. The molecule has 0 spiro atoms. The lowest BCUT2D eigenvalue weighted by atomic mass is 10.2. The highest BCUT2D eigenvalue weighted by molar-refractivity contribution is 4.80. The van der Waals surface area contributed by atoms with Crippen LogP contribution in [0.3, 0.4) is 0 Å². The van der Waals surface area contributed by atoms with E-state index in [0.717, 1.165) is 0 Å². The molecule has 0 aliphatic carbocycles. The van der Waals surface area contributed by atoms with Crippen LogP contribution in [0, 0.1) is 0 Å². The molecule has 0 saturated carbocycles. The summed E-state index contributed by atoms with van der Waals surface area (Å²) in [6, 6.07) is 0. The van der Waals surface area contributed by atoms with Gasteiger partial charge in [-0.25, -0.2) is 0 Å². The molecule has 0 aromatic heterocycles. The average molecular weight is 168 g/mol. The summed E-state index contributed by atoms with van der Waals surface area (Å²) < 4.78 is 34.5. The fourth-order valence-electron chi connectivity index (χ4n) is 0.613. The minimum absolute atomic E-state index is 0.0972. The zero-order valence-electron chi connectivity index (χ0n) is 6.06. The van der Waals surface area contributed by atoms with Crippen molar-refractivity contribution in [3.8, 4) is 0 Å². The van der Waals surface area contributed by atoms with E-state index in [0.29, 0.717) is 6.42 Å². The standard InChI is InChI=1S/C7H11F3O/c8-7(9,10)5-3-1-2-4-6-11/h2,4,11H,1,3,5-6H2. The molecule has 66 valence electrons. The normalized spacial score (nSPS) is 12.7. The lowest BCUT2D eigenvalue weighted by Gasteiger charge is -2.02. The van der Waals surface area contributed by atoms with Crippen molar-refractivity contribution < 1.29 is 18.3 Å². The number of unbranched alkanes of at least 4 members (excludes halogenated alkanes) is 1. The van der Waals surface area contributed by atoms with Crippen LogP contribution in [0.2, 0.25) is 0 Å². The van der Waals surface area contributed by atoms with Crippen LogP contribution >= 0.6 is 0 Å². The Bertz CT molecular complexity index is 117. The predicted molar refractivity (Wildman–Crippen MR) is 36.1 cm³/mol.